The van der Waals surface area contributed by atoms with Crippen molar-refractivity contribution in [2.75, 3.05) is 5.75 Å². The predicted molar refractivity (Wildman–Crippen MR) is 54.4 cm³/mol. The van der Waals surface area contributed by atoms with Gasteiger partial charge in [0, 0.05) is 0 Å². The first-order valence-electron chi connectivity index (χ1n) is 4.31. The van der Waals surface area contributed by atoms with E-state index in [1.807, 2.05) is 6.92 Å². The minimum atomic E-state index is -1.08. The third-order valence-electron chi connectivity index (χ3n) is 1.65. The molecule has 0 aliphatic carbocycles. The topological polar surface area (TPSA) is 37.3 Å². The zero-order valence-electron chi connectivity index (χ0n) is 7.79. The smallest absolute Gasteiger partial charge is 0.336 e. The number of rotatable bonds is 4. The second kappa shape index (κ2) is 5.00. The van der Waals surface area contributed by atoms with Crippen molar-refractivity contribution in [3.63, 3.8) is 0 Å². The molecule has 76 valence electrons. The zero-order chi connectivity index (χ0) is 10.6. The summed E-state index contributed by atoms with van der Waals surface area (Å²) < 4.78 is 13.2. The van der Waals surface area contributed by atoms with Crippen LogP contribution in [-0.4, -0.2) is 16.8 Å². The van der Waals surface area contributed by atoms with Crippen LogP contribution in [0.25, 0.3) is 0 Å². The van der Waals surface area contributed by atoms with Crippen molar-refractivity contribution in [3.8, 4) is 0 Å². The summed E-state index contributed by atoms with van der Waals surface area (Å²) in [5.41, 5.74) is 0.0449. The molecule has 1 rings (SSSR count). The minimum Gasteiger partial charge on any atom is -0.478 e. The quantitative estimate of drug-likeness (QED) is 0.783. The Balaban J connectivity index is 3.02. The number of halogens is 1. The first-order chi connectivity index (χ1) is 6.66. The van der Waals surface area contributed by atoms with Gasteiger partial charge in [-0.3, -0.25) is 0 Å². The lowest BCUT2D eigenvalue weighted by Gasteiger charge is -2.05. The van der Waals surface area contributed by atoms with E-state index in [4.69, 9.17) is 5.11 Å². The molecule has 0 atom stereocenters. The molecule has 2 nitrogen and oxygen atoms in total. The van der Waals surface area contributed by atoms with E-state index in [0.717, 1.165) is 12.2 Å². The van der Waals surface area contributed by atoms with E-state index in [1.54, 1.807) is 0 Å². The molecule has 0 saturated heterocycles. The van der Waals surface area contributed by atoms with Crippen molar-refractivity contribution in [3.05, 3.63) is 29.6 Å². The summed E-state index contributed by atoms with van der Waals surface area (Å²) in [4.78, 5) is 11.0. The average molecular weight is 214 g/mol. The van der Waals surface area contributed by atoms with Crippen LogP contribution < -0.4 is 0 Å². The van der Waals surface area contributed by atoms with Crippen LogP contribution in [0, 0.1) is 5.82 Å². The molecule has 14 heavy (non-hydrogen) atoms. The third kappa shape index (κ3) is 2.48. The highest BCUT2D eigenvalue weighted by molar-refractivity contribution is 7.99. The van der Waals surface area contributed by atoms with Crippen molar-refractivity contribution < 1.29 is 14.3 Å². The van der Waals surface area contributed by atoms with Crippen molar-refractivity contribution in [1.29, 1.82) is 0 Å². The van der Waals surface area contributed by atoms with Crippen molar-refractivity contribution in [2.24, 2.45) is 0 Å². The van der Waals surface area contributed by atoms with Crippen LogP contribution in [0.15, 0.2) is 23.1 Å². The Bertz CT molecular complexity index is 339. The Morgan fingerprint density at radius 3 is 2.86 bits per heavy atom. The molecule has 1 aromatic carbocycles. The molecule has 0 aromatic heterocycles. The standard InChI is InChI=1S/C10H11FO2S/c1-2-6-14-9-7(10(12)13)4-3-5-8(9)11/h3-5H,2,6H2,1H3,(H,12,13). The van der Waals surface area contributed by atoms with E-state index in [9.17, 15) is 9.18 Å². The van der Waals surface area contributed by atoms with Crippen LogP contribution in [0.4, 0.5) is 4.39 Å². The summed E-state index contributed by atoms with van der Waals surface area (Å²) in [5, 5.41) is 8.81. The Morgan fingerprint density at radius 1 is 1.57 bits per heavy atom. The fourth-order valence-electron chi connectivity index (χ4n) is 1.03. The van der Waals surface area contributed by atoms with Gasteiger partial charge in [0.05, 0.1) is 10.5 Å². The van der Waals surface area contributed by atoms with Crippen LogP contribution in [0.5, 0.6) is 0 Å². The molecule has 1 aromatic rings. The Labute approximate surface area is 86.1 Å². The summed E-state index contributed by atoms with van der Waals surface area (Å²) >= 11 is 1.25. The predicted octanol–water partition coefficient (Wildman–Crippen LogP) is 3.03. The number of benzene rings is 1. The van der Waals surface area contributed by atoms with Gasteiger partial charge < -0.3 is 5.11 Å². The Kier molecular flexibility index (Phi) is 3.95. The van der Waals surface area contributed by atoms with Crippen LogP contribution >= 0.6 is 11.8 Å². The molecule has 0 saturated carbocycles. The molecule has 0 amide bonds. The van der Waals surface area contributed by atoms with Gasteiger partial charge in [-0.15, -0.1) is 11.8 Å². The van der Waals surface area contributed by atoms with Crippen molar-refractivity contribution >= 4 is 17.7 Å². The summed E-state index contributed by atoms with van der Waals surface area (Å²) in [5.74, 6) is -0.812. The number of aromatic carboxylic acids is 1. The summed E-state index contributed by atoms with van der Waals surface area (Å²) in [6, 6.07) is 4.11. The van der Waals surface area contributed by atoms with Crippen LogP contribution in [0.2, 0.25) is 0 Å². The SMILES string of the molecule is CCCSc1c(F)cccc1C(=O)O. The van der Waals surface area contributed by atoms with E-state index >= 15 is 0 Å². The third-order valence-corrected chi connectivity index (χ3v) is 2.96. The minimum absolute atomic E-state index is 0.0449. The van der Waals surface area contributed by atoms with E-state index in [2.05, 4.69) is 0 Å². The van der Waals surface area contributed by atoms with Crippen LogP contribution in [-0.2, 0) is 0 Å². The lowest BCUT2D eigenvalue weighted by Crippen LogP contribution is -2.00. The fourth-order valence-corrected chi connectivity index (χ4v) is 1.95. The van der Waals surface area contributed by atoms with Gasteiger partial charge >= 0.3 is 5.97 Å². The molecular formula is C10H11FO2S. The molecule has 0 aliphatic heterocycles. The number of carboxylic acid groups (broad SMARTS) is 1. The number of carboxylic acids is 1. The van der Waals surface area contributed by atoms with Gasteiger partial charge in [0.15, 0.2) is 0 Å². The highest BCUT2D eigenvalue weighted by atomic mass is 32.2. The summed E-state index contributed by atoms with van der Waals surface area (Å²) in [7, 11) is 0. The van der Waals surface area contributed by atoms with Crippen LogP contribution in [0.3, 0.4) is 0 Å². The van der Waals surface area contributed by atoms with Gasteiger partial charge in [0.2, 0.25) is 0 Å². The van der Waals surface area contributed by atoms with Gasteiger partial charge in [0.1, 0.15) is 5.82 Å². The Hall–Kier alpha value is -1.03. The molecule has 0 spiro atoms. The van der Waals surface area contributed by atoms with E-state index in [-0.39, 0.29) is 10.5 Å². The maximum absolute atomic E-state index is 13.2. The fraction of sp³-hybridized carbons (Fsp3) is 0.300. The van der Waals surface area contributed by atoms with Gasteiger partial charge in [-0.25, -0.2) is 9.18 Å². The maximum atomic E-state index is 13.2. The van der Waals surface area contributed by atoms with Crippen LogP contribution in [0.1, 0.15) is 23.7 Å². The monoisotopic (exact) mass is 214 g/mol. The summed E-state index contributed by atoms with van der Waals surface area (Å²) in [6.45, 7) is 1.97. The first-order valence-corrected chi connectivity index (χ1v) is 5.30. The first kappa shape index (κ1) is 11.0. The molecule has 0 radical (unpaired) electrons. The number of carbonyl (C=O) groups is 1. The Morgan fingerprint density at radius 2 is 2.29 bits per heavy atom. The lowest BCUT2D eigenvalue weighted by atomic mass is 10.2. The normalized spacial score (nSPS) is 10.1. The highest BCUT2D eigenvalue weighted by Crippen LogP contribution is 2.26. The van der Waals surface area contributed by atoms with Gasteiger partial charge in [0.25, 0.3) is 0 Å². The molecule has 0 unspecified atom stereocenters. The van der Waals surface area contributed by atoms with Crippen molar-refractivity contribution in [2.45, 2.75) is 18.2 Å². The lowest BCUT2D eigenvalue weighted by molar-refractivity contribution is 0.0692. The van der Waals surface area contributed by atoms with Gasteiger partial charge in [-0.05, 0) is 24.3 Å². The van der Waals surface area contributed by atoms with Gasteiger partial charge in [-0.1, -0.05) is 13.0 Å². The van der Waals surface area contributed by atoms with E-state index in [1.165, 1.54) is 30.0 Å². The zero-order valence-corrected chi connectivity index (χ0v) is 8.60. The second-order valence-electron chi connectivity index (χ2n) is 2.77. The summed E-state index contributed by atoms with van der Waals surface area (Å²) in [6.07, 6.45) is 0.887. The second-order valence-corrected chi connectivity index (χ2v) is 3.88. The van der Waals surface area contributed by atoms with Gasteiger partial charge in [-0.2, -0.15) is 0 Å². The van der Waals surface area contributed by atoms with E-state index in [0.29, 0.717) is 0 Å². The number of hydrogen-bond acceptors (Lipinski definition) is 2. The molecule has 4 heteroatoms. The maximum Gasteiger partial charge on any atom is 0.336 e. The number of hydrogen-bond donors (Lipinski definition) is 1. The average Bonchev–Trinajstić information content (AvgIpc) is 2.15. The highest BCUT2D eigenvalue weighted by Gasteiger charge is 2.13. The molecule has 0 heterocycles. The molecule has 0 fully saturated rings. The van der Waals surface area contributed by atoms with Crippen molar-refractivity contribution in [1.82, 2.24) is 0 Å². The molecular weight excluding hydrogens is 203 g/mol. The molecule has 0 aliphatic rings. The number of thioether (sulfide) groups is 1. The largest absolute Gasteiger partial charge is 0.478 e. The molecule has 0 bridgehead atoms. The molecule has 1 N–H and O–H groups in total. The van der Waals surface area contributed by atoms with E-state index < -0.39 is 11.8 Å².